The van der Waals surface area contributed by atoms with E-state index in [2.05, 4.69) is 50.3 Å². The molecule has 0 saturated carbocycles. The molecule has 0 unspecified atom stereocenters. The number of nitrogens with zero attached hydrogens (tertiary/aromatic N) is 5. The van der Waals surface area contributed by atoms with Crippen LogP contribution < -0.4 is 4.90 Å². The lowest BCUT2D eigenvalue weighted by Crippen LogP contribution is -2.47. The molecule has 2 heterocycles. The minimum atomic E-state index is 0.366. The van der Waals surface area contributed by atoms with E-state index in [0.717, 1.165) is 45.0 Å². The predicted molar refractivity (Wildman–Crippen MR) is 85.5 cm³/mol. The number of nitriles is 1. The maximum absolute atomic E-state index is 8.75. The molecule has 0 bridgehead atoms. The molecule has 0 radical (unpaired) electrons. The molecule has 0 N–H and O–H groups in total. The van der Waals surface area contributed by atoms with E-state index >= 15 is 0 Å². The summed E-state index contributed by atoms with van der Waals surface area (Å²) in [5.74, 6) is 0.863. The van der Waals surface area contributed by atoms with Crippen LogP contribution in [0.4, 0.5) is 5.82 Å². The number of rotatable bonds is 4. The van der Waals surface area contributed by atoms with E-state index in [9.17, 15) is 0 Å². The van der Waals surface area contributed by atoms with Gasteiger partial charge in [0.25, 0.3) is 0 Å². The topological polar surface area (TPSA) is 56.1 Å². The summed E-state index contributed by atoms with van der Waals surface area (Å²) < 4.78 is 0. The van der Waals surface area contributed by atoms with Gasteiger partial charge in [0.05, 0.1) is 0 Å². The monoisotopic (exact) mass is 293 g/mol. The van der Waals surface area contributed by atoms with Crippen molar-refractivity contribution in [1.82, 2.24) is 15.1 Å². The molecule has 5 nitrogen and oxygen atoms in total. The number of hydrogen-bond acceptors (Lipinski definition) is 5. The van der Waals surface area contributed by atoms with Gasteiger partial charge in [0.2, 0.25) is 0 Å². The molecule has 1 aromatic carbocycles. The summed E-state index contributed by atoms with van der Waals surface area (Å²) in [6.45, 7) is 5.07. The van der Waals surface area contributed by atoms with E-state index in [4.69, 9.17) is 5.26 Å². The molecule has 2 aromatic rings. The van der Waals surface area contributed by atoms with Crippen molar-refractivity contribution in [2.75, 3.05) is 37.6 Å². The summed E-state index contributed by atoms with van der Waals surface area (Å²) in [7, 11) is 0. The van der Waals surface area contributed by atoms with Crippen LogP contribution in [0.3, 0.4) is 0 Å². The Morgan fingerprint density at radius 2 is 1.73 bits per heavy atom. The second-order valence-electron chi connectivity index (χ2n) is 5.45. The van der Waals surface area contributed by atoms with Gasteiger partial charge in [-0.1, -0.05) is 30.3 Å². The third-order valence-electron chi connectivity index (χ3n) is 4.02. The van der Waals surface area contributed by atoms with Crippen molar-refractivity contribution in [3.8, 4) is 6.07 Å². The van der Waals surface area contributed by atoms with Gasteiger partial charge in [-0.2, -0.15) is 5.26 Å². The van der Waals surface area contributed by atoms with Gasteiger partial charge in [-0.25, -0.2) is 0 Å². The van der Waals surface area contributed by atoms with Crippen molar-refractivity contribution >= 4 is 5.82 Å². The second-order valence-corrected chi connectivity index (χ2v) is 5.45. The van der Waals surface area contributed by atoms with Crippen LogP contribution in [0.2, 0.25) is 0 Å². The van der Waals surface area contributed by atoms with Crippen LogP contribution in [-0.4, -0.2) is 47.8 Å². The van der Waals surface area contributed by atoms with Crippen LogP contribution in [-0.2, 0) is 6.42 Å². The van der Waals surface area contributed by atoms with Crippen LogP contribution in [0.5, 0.6) is 0 Å². The number of hydrogen-bond donors (Lipinski definition) is 0. The highest BCUT2D eigenvalue weighted by Crippen LogP contribution is 2.13. The Morgan fingerprint density at radius 1 is 0.955 bits per heavy atom. The average Bonchev–Trinajstić information content (AvgIpc) is 2.61. The van der Waals surface area contributed by atoms with Gasteiger partial charge in [0.15, 0.2) is 11.5 Å². The van der Waals surface area contributed by atoms with E-state index in [1.165, 1.54) is 5.56 Å². The first-order chi connectivity index (χ1) is 10.8. The summed E-state index contributed by atoms with van der Waals surface area (Å²) in [5.41, 5.74) is 1.76. The lowest BCUT2D eigenvalue weighted by Gasteiger charge is -2.35. The number of piperazine rings is 1. The normalized spacial score (nSPS) is 15.5. The van der Waals surface area contributed by atoms with E-state index in [1.54, 1.807) is 6.07 Å². The summed E-state index contributed by atoms with van der Waals surface area (Å²) in [5, 5.41) is 16.8. The average molecular weight is 293 g/mol. The van der Waals surface area contributed by atoms with Crippen LogP contribution in [0.25, 0.3) is 0 Å². The maximum Gasteiger partial charge on any atom is 0.163 e. The van der Waals surface area contributed by atoms with Crippen LogP contribution in [0, 0.1) is 11.3 Å². The fourth-order valence-electron chi connectivity index (χ4n) is 2.69. The van der Waals surface area contributed by atoms with Crippen molar-refractivity contribution in [1.29, 1.82) is 5.26 Å². The summed E-state index contributed by atoms with van der Waals surface area (Å²) in [6.07, 6.45) is 1.09. The van der Waals surface area contributed by atoms with Gasteiger partial charge in [-0.05, 0) is 24.1 Å². The lowest BCUT2D eigenvalue weighted by atomic mass is 10.1. The molecule has 1 aliphatic rings. The molecule has 1 saturated heterocycles. The molecule has 0 spiro atoms. The minimum Gasteiger partial charge on any atom is -0.353 e. The highest BCUT2D eigenvalue weighted by atomic mass is 15.3. The van der Waals surface area contributed by atoms with Gasteiger partial charge >= 0.3 is 0 Å². The smallest absolute Gasteiger partial charge is 0.163 e. The Kier molecular flexibility index (Phi) is 4.62. The molecular weight excluding hydrogens is 274 g/mol. The summed E-state index contributed by atoms with van der Waals surface area (Å²) in [4.78, 5) is 4.72. The van der Waals surface area contributed by atoms with Gasteiger partial charge < -0.3 is 4.90 Å². The highest BCUT2D eigenvalue weighted by Gasteiger charge is 2.18. The number of benzene rings is 1. The van der Waals surface area contributed by atoms with E-state index < -0.39 is 0 Å². The third kappa shape index (κ3) is 3.60. The zero-order valence-corrected chi connectivity index (χ0v) is 12.5. The first kappa shape index (κ1) is 14.5. The largest absolute Gasteiger partial charge is 0.353 e. The van der Waals surface area contributed by atoms with Gasteiger partial charge in [-0.15, -0.1) is 10.2 Å². The molecule has 3 rings (SSSR count). The highest BCUT2D eigenvalue weighted by molar-refractivity contribution is 5.39. The molecule has 1 aliphatic heterocycles. The third-order valence-corrected chi connectivity index (χ3v) is 4.02. The Hall–Kier alpha value is -2.45. The summed E-state index contributed by atoms with van der Waals surface area (Å²) >= 11 is 0. The van der Waals surface area contributed by atoms with E-state index in [0.29, 0.717) is 5.69 Å². The molecule has 0 amide bonds. The lowest BCUT2D eigenvalue weighted by molar-refractivity contribution is 0.260. The zero-order valence-electron chi connectivity index (χ0n) is 12.5. The quantitative estimate of drug-likeness (QED) is 0.859. The predicted octanol–water partition coefficient (Wildman–Crippen LogP) is 1.71. The first-order valence-electron chi connectivity index (χ1n) is 7.60. The van der Waals surface area contributed by atoms with Crippen molar-refractivity contribution in [3.05, 3.63) is 53.7 Å². The fourth-order valence-corrected chi connectivity index (χ4v) is 2.69. The molecule has 1 fully saturated rings. The second kappa shape index (κ2) is 7.01. The number of anilines is 1. The van der Waals surface area contributed by atoms with Crippen molar-refractivity contribution in [2.24, 2.45) is 0 Å². The first-order valence-corrected chi connectivity index (χ1v) is 7.60. The van der Waals surface area contributed by atoms with Gasteiger partial charge in [0, 0.05) is 32.7 Å². The fraction of sp³-hybridized carbons (Fsp3) is 0.353. The zero-order chi connectivity index (χ0) is 15.2. The standard InChI is InChI=1S/C17H19N5/c18-14-16-6-7-17(20-19-16)22-12-10-21(11-13-22)9-8-15-4-2-1-3-5-15/h1-7H,8-13H2. The van der Waals surface area contributed by atoms with Crippen molar-refractivity contribution in [2.45, 2.75) is 6.42 Å². The Labute approximate surface area is 130 Å². The number of aromatic nitrogens is 2. The van der Waals surface area contributed by atoms with Crippen LogP contribution in [0.15, 0.2) is 42.5 Å². The van der Waals surface area contributed by atoms with E-state index in [-0.39, 0.29) is 0 Å². The van der Waals surface area contributed by atoms with E-state index in [1.807, 2.05) is 12.1 Å². The molecule has 0 atom stereocenters. The summed E-state index contributed by atoms with van der Waals surface area (Å²) in [6, 6.07) is 16.2. The van der Waals surface area contributed by atoms with Gasteiger partial charge in [-0.3, -0.25) is 4.90 Å². The molecule has 112 valence electrons. The Balaban J connectivity index is 1.48. The Morgan fingerprint density at radius 3 is 2.36 bits per heavy atom. The maximum atomic E-state index is 8.75. The molecular formula is C17H19N5. The minimum absolute atomic E-state index is 0.366. The van der Waals surface area contributed by atoms with Crippen molar-refractivity contribution < 1.29 is 0 Å². The van der Waals surface area contributed by atoms with Crippen LogP contribution in [0.1, 0.15) is 11.3 Å². The van der Waals surface area contributed by atoms with Gasteiger partial charge in [0.1, 0.15) is 6.07 Å². The Bertz CT molecular complexity index is 624. The molecule has 22 heavy (non-hydrogen) atoms. The molecule has 1 aromatic heterocycles. The van der Waals surface area contributed by atoms with Crippen molar-refractivity contribution in [3.63, 3.8) is 0 Å². The SMILES string of the molecule is N#Cc1ccc(N2CCN(CCc3ccccc3)CC2)nn1. The molecule has 5 heteroatoms. The molecule has 0 aliphatic carbocycles. The van der Waals surface area contributed by atoms with Crippen LogP contribution >= 0.6 is 0 Å².